The number of ether oxygens (including phenoxy) is 1. The van der Waals surface area contributed by atoms with E-state index in [2.05, 4.69) is 22.0 Å². The molecule has 172 valence electrons. The van der Waals surface area contributed by atoms with Crippen LogP contribution in [0.15, 0.2) is 54.7 Å². The smallest absolute Gasteiger partial charge is 0.248 e. The summed E-state index contributed by atoms with van der Waals surface area (Å²) in [7, 11) is 5.59. The van der Waals surface area contributed by atoms with Crippen molar-refractivity contribution in [1.29, 1.82) is 0 Å². The Morgan fingerprint density at radius 1 is 1.18 bits per heavy atom. The van der Waals surface area contributed by atoms with E-state index in [4.69, 9.17) is 15.5 Å². The van der Waals surface area contributed by atoms with Gasteiger partial charge in [0.05, 0.1) is 18.8 Å². The largest absolute Gasteiger partial charge is 0.497 e. The van der Waals surface area contributed by atoms with Gasteiger partial charge in [-0.1, -0.05) is 30.7 Å². The molecule has 0 saturated carbocycles. The van der Waals surface area contributed by atoms with E-state index in [0.717, 1.165) is 54.9 Å². The predicted molar refractivity (Wildman–Crippen MR) is 130 cm³/mol. The third kappa shape index (κ3) is 5.14. The normalized spacial score (nSPS) is 16.4. The number of nitrogens with two attached hydrogens (primary N) is 1. The molecule has 2 heterocycles. The van der Waals surface area contributed by atoms with Crippen molar-refractivity contribution in [3.8, 4) is 16.9 Å². The first-order valence-electron chi connectivity index (χ1n) is 11.3. The molecule has 0 unspecified atom stereocenters. The summed E-state index contributed by atoms with van der Waals surface area (Å²) in [5.41, 5.74) is 10.1. The van der Waals surface area contributed by atoms with Crippen molar-refractivity contribution in [3.63, 3.8) is 0 Å². The van der Waals surface area contributed by atoms with Crippen molar-refractivity contribution in [1.82, 2.24) is 14.9 Å². The van der Waals surface area contributed by atoms with Crippen molar-refractivity contribution < 1.29 is 9.53 Å². The maximum absolute atomic E-state index is 11.8. The van der Waals surface area contributed by atoms with Gasteiger partial charge in [0.15, 0.2) is 0 Å². The van der Waals surface area contributed by atoms with Crippen LogP contribution in [-0.2, 0) is 6.54 Å². The van der Waals surface area contributed by atoms with Crippen LogP contribution in [0.3, 0.4) is 0 Å². The van der Waals surface area contributed by atoms with E-state index in [9.17, 15) is 4.79 Å². The first-order chi connectivity index (χ1) is 16.0. The molecule has 2 aromatic carbocycles. The minimum absolute atomic E-state index is 0.138. The zero-order valence-corrected chi connectivity index (χ0v) is 19.5. The molecule has 1 fully saturated rings. The van der Waals surface area contributed by atoms with Crippen molar-refractivity contribution in [2.45, 2.75) is 31.8 Å². The van der Waals surface area contributed by atoms with E-state index in [0.29, 0.717) is 11.5 Å². The maximum Gasteiger partial charge on any atom is 0.248 e. The highest BCUT2D eigenvalue weighted by molar-refractivity contribution is 5.94. The summed E-state index contributed by atoms with van der Waals surface area (Å²) in [5, 5.41) is 0. The molecule has 1 aromatic heterocycles. The molecule has 1 aliphatic heterocycles. The van der Waals surface area contributed by atoms with Gasteiger partial charge >= 0.3 is 0 Å². The molecule has 1 saturated heterocycles. The minimum Gasteiger partial charge on any atom is -0.497 e. The molecule has 1 atom stereocenters. The summed E-state index contributed by atoms with van der Waals surface area (Å²) < 4.78 is 5.42. The van der Waals surface area contributed by atoms with E-state index in [1.807, 2.05) is 55.5 Å². The second kappa shape index (κ2) is 10.0. The SMILES string of the molecule is COc1cccc(CN2CCCC[C@H]2c2nc(N(C)C)ncc2-c2cccc(C(N)=O)c2)c1. The van der Waals surface area contributed by atoms with Gasteiger partial charge in [0, 0.05) is 38.0 Å². The Hall–Kier alpha value is -3.45. The third-order valence-corrected chi connectivity index (χ3v) is 6.11. The Morgan fingerprint density at radius 2 is 2.00 bits per heavy atom. The molecule has 7 nitrogen and oxygen atoms in total. The van der Waals surface area contributed by atoms with Gasteiger partial charge in [-0.15, -0.1) is 0 Å². The molecule has 1 aliphatic rings. The molecular weight excluding hydrogens is 414 g/mol. The number of anilines is 1. The van der Waals surface area contributed by atoms with Gasteiger partial charge in [0.1, 0.15) is 5.75 Å². The number of likely N-dealkylation sites (tertiary alicyclic amines) is 1. The summed E-state index contributed by atoms with van der Waals surface area (Å²) >= 11 is 0. The number of hydrogen-bond donors (Lipinski definition) is 1. The third-order valence-electron chi connectivity index (χ3n) is 6.11. The lowest BCUT2D eigenvalue weighted by molar-refractivity contribution is 0.100. The van der Waals surface area contributed by atoms with Gasteiger partial charge in [0.25, 0.3) is 0 Å². The van der Waals surface area contributed by atoms with Gasteiger partial charge in [-0.25, -0.2) is 9.97 Å². The van der Waals surface area contributed by atoms with Crippen LogP contribution in [0.1, 0.15) is 46.9 Å². The van der Waals surface area contributed by atoms with Gasteiger partial charge in [-0.3, -0.25) is 9.69 Å². The first kappa shape index (κ1) is 22.7. The average Bonchev–Trinajstić information content (AvgIpc) is 2.84. The Morgan fingerprint density at radius 3 is 2.76 bits per heavy atom. The van der Waals surface area contributed by atoms with Crippen LogP contribution in [0.25, 0.3) is 11.1 Å². The monoisotopic (exact) mass is 445 g/mol. The molecule has 33 heavy (non-hydrogen) atoms. The van der Waals surface area contributed by atoms with E-state index in [1.165, 1.54) is 5.56 Å². The van der Waals surface area contributed by atoms with Crippen molar-refractivity contribution in [2.75, 3.05) is 32.6 Å². The van der Waals surface area contributed by atoms with Crippen LogP contribution in [0.5, 0.6) is 5.75 Å². The highest BCUT2D eigenvalue weighted by Crippen LogP contribution is 2.37. The molecule has 0 radical (unpaired) electrons. The summed E-state index contributed by atoms with van der Waals surface area (Å²) in [6.07, 6.45) is 5.17. The molecule has 0 aliphatic carbocycles. The molecule has 7 heteroatoms. The second-order valence-corrected chi connectivity index (χ2v) is 8.64. The van der Waals surface area contributed by atoms with Crippen molar-refractivity contribution in [3.05, 3.63) is 71.5 Å². The quantitative estimate of drug-likeness (QED) is 0.591. The van der Waals surface area contributed by atoms with Crippen LogP contribution in [0.4, 0.5) is 5.95 Å². The number of amides is 1. The van der Waals surface area contributed by atoms with Crippen molar-refractivity contribution in [2.24, 2.45) is 5.73 Å². The van der Waals surface area contributed by atoms with Crippen molar-refractivity contribution >= 4 is 11.9 Å². The zero-order valence-electron chi connectivity index (χ0n) is 19.5. The maximum atomic E-state index is 11.8. The Labute approximate surface area is 195 Å². The highest BCUT2D eigenvalue weighted by atomic mass is 16.5. The van der Waals surface area contributed by atoms with Gasteiger partial charge in [0.2, 0.25) is 11.9 Å². The summed E-state index contributed by atoms with van der Waals surface area (Å²) in [4.78, 5) is 25.8. The molecule has 3 aromatic rings. The molecule has 2 N–H and O–H groups in total. The number of rotatable bonds is 7. The van der Waals surface area contributed by atoms with Crippen LogP contribution in [0, 0.1) is 0 Å². The standard InChI is InChI=1S/C26H31N5O2/c1-30(2)26-28-16-22(19-9-7-10-20(15-19)25(27)32)24(29-26)23-12-4-5-13-31(23)17-18-8-6-11-21(14-18)33-3/h6-11,14-16,23H,4-5,12-13,17H2,1-3H3,(H2,27,32)/t23-/m0/s1. The number of primary amides is 1. The number of aromatic nitrogens is 2. The van der Waals surface area contributed by atoms with Gasteiger partial charge in [-0.2, -0.15) is 0 Å². The first-order valence-corrected chi connectivity index (χ1v) is 11.3. The summed E-state index contributed by atoms with van der Waals surface area (Å²) in [6.45, 7) is 1.80. The van der Waals surface area contributed by atoms with Crippen LogP contribution in [0.2, 0.25) is 0 Å². The molecule has 4 rings (SSSR count). The average molecular weight is 446 g/mol. The van der Waals surface area contributed by atoms with E-state index < -0.39 is 5.91 Å². The number of nitrogens with zero attached hydrogens (tertiary/aromatic N) is 4. The zero-order chi connectivity index (χ0) is 23.4. The number of piperidine rings is 1. The molecule has 0 spiro atoms. The topological polar surface area (TPSA) is 84.6 Å². The van der Waals surface area contributed by atoms with E-state index >= 15 is 0 Å². The molecular formula is C26H31N5O2. The fraction of sp³-hybridized carbons (Fsp3) is 0.346. The highest BCUT2D eigenvalue weighted by Gasteiger charge is 2.29. The molecule has 0 bridgehead atoms. The number of hydrogen-bond acceptors (Lipinski definition) is 6. The fourth-order valence-electron chi connectivity index (χ4n) is 4.41. The Balaban J connectivity index is 1.76. The lowest BCUT2D eigenvalue weighted by Gasteiger charge is -2.36. The fourth-order valence-corrected chi connectivity index (χ4v) is 4.41. The Bertz CT molecular complexity index is 1130. The second-order valence-electron chi connectivity index (χ2n) is 8.64. The number of carbonyl (C=O) groups excluding carboxylic acids is 1. The van der Waals surface area contributed by atoms with Crippen LogP contribution < -0.4 is 15.4 Å². The molecule has 1 amide bonds. The number of benzene rings is 2. The lowest BCUT2D eigenvalue weighted by atomic mass is 9.92. The summed E-state index contributed by atoms with van der Waals surface area (Å²) in [5.74, 6) is 1.09. The van der Waals surface area contributed by atoms with Crippen LogP contribution >= 0.6 is 0 Å². The minimum atomic E-state index is -0.443. The van der Waals surface area contributed by atoms with E-state index in [-0.39, 0.29) is 6.04 Å². The van der Waals surface area contributed by atoms with Gasteiger partial charge < -0.3 is 15.4 Å². The van der Waals surface area contributed by atoms with Gasteiger partial charge in [-0.05, 0) is 54.8 Å². The Kier molecular flexibility index (Phi) is 6.89. The summed E-state index contributed by atoms with van der Waals surface area (Å²) in [6, 6.07) is 15.8. The number of carbonyl (C=O) groups is 1. The number of methoxy groups -OCH3 is 1. The van der Waals surface area contributed by atoms with Crippen LogP contribution in [-0.4, -0.2) is 48.5 Å². The predicted octanol–water partition coefficient (Wildman–Crippen LogP) is 4.04. The van der Waals surface area contributed by atoms with E-state index in [1.54, 1.807) is 13.2 Å². The lowest BCUT2D eigenvalue weighted by Crippen LogP contribution is -2.34.